The fourth-order valence-electron chi connectivity index (χ4n) is 2.46. The zero-order valence-electron chi connectivity index (χ0n) is 12.7. The summed E-state index contributed by atoms with van der Waals surface area (Å²) in [6, 6.07) is 12.3. The average Bonchev–Trinajstić information content (AvgIpc) is 2.45. The second-order valence-corrected chi connectivity index (χ2v) is 5.21. The Bertz CT molecular complexity index is 651. The number of hydrogen-bond donors (Lipinski definition) is 0. The summed E-state index contributed by atoms with van der Waals surface area (Å²) >= 11 is 0. The second-order valence-electron chi connectivity index (χ2n) is 5.21. The minimum Gasteiger partial charge on any atom is -0.362 e. The van der Waals surface area contributed by atoms with E-state index in [1.54, 1.807) is 23.1 Å². The highest BCUT2D eigenvalue weighted by Crippen LogP contribution is 2.19. The first kappa shape index (κ1) is 15.2. The summed E-state index contributed by atoms with van der Waals surface area (Å²) in [6.45, 7) is 6.61. The van der Waals surface area contributed by atoms with E-state index in [0.29, 0.717) is 17.8 Å². The molecular weight excluding hydrogens is 265 g/mol. The zero-order valence-corrected chi connectivity index (χ0v) is 12.7. The summed E-state index contributed by atoms with van der Waals surface area (Å²) in [5, 5.41) is 0. The van der Waals surface area contributed by atoms with Gasteiger partial charge in [-0.2, -0.15) is 0 Å². The largest absolute Gasteiger partial charge is 0.362 e. The van der Waals surface area contributed by atoms with Crippen LogP contribution in [-0.4, -0.2) is 18.9 Å². The monoisotopic (exact) mass is 285 g/mol. The molecule has 2 aromatic rings. The van der Waals surface area contributed by atoms with Crippen molar-refractivity contribution in [1.82, 2.24) is 0 Å². The summed E-state index contributed by atoms with van der Waals surface area (Å²) in [4.78, 5) is 14.2. The maximum atomic E-state index is 13.9. The molecule has 0 atom stereocenters. The van der Waals surface area contributed by atoms with Gasteiger partial charge in [0.05, 0.1) is 12.2 Å². The fourth-order valence-corrected chi connectivity index (χ4v) is 2.46. The molecule has 0 aliphatic carbocycles. The van der Waals surface area contributed by atoms with Crippen molar-refractivity contribution >= 4 is 11.5 Å². The molecule has 0 bridgehead atoms. The summed E-state index contributed by atoms with van der Waals surface area (Å²) in [5.41, 5.74) is 3.27. The van der Waals surface area contributed by atoms with E-state index < -0.39 is 0 Å². The summed E-state index contributed by atoms with van der Waals surface area (Å²) < 4.78 is 13.9. The van der Waals surface area contributed by atoms with Crippen molar-refractivity contribution in [3.8, 4) is 0 Å². The lowest BCUT2D eigenvalue weighted by molar-refractivity contribution is 0.0998. The number of nitrogens with zero attached hydrogens (tertiary/aromatic N) is 1. The number of hydrogen-bond acceptors (Lipinski definition) is 2. The van der Waals surface area contributed by atoms with E-state index in [-0.39, 0.29) is 18.1 Å². The Hall–Kier alpha value is -2.16. The van der Waals surface area contributed by atoms with Crippen LogP contribution in [0.25, 0.3) is 0 Å². The number of Topliss-reactive ketones (excluding diaryl/α,β-unsaturated/α-hetero) is 1. The number of likely N-dealkylation sites (N-methyl/N-ethyl adjacent to an activating group) is 1. The van der Waals surface area contributed by atoms with Crippen LogP contribution in [0.2, 0.25) is 0 Å². The van der Waals surface area contributed by atoms with E-state index in [9.17, 15) is 9.18 Å². The van der Waals surface area contributed by atoms with Gasteiger partial charge in [0, 0.05) is 12.1 Å². The fraction of sp³-hybridized carbons (Fsp3) is 0.278. The van der Waals surface area contributed by atoms with Gasteiger partial charge in [0.2, 0.25) is 0 Å². The molecule has 110 valence electrons. The number of para-hydroxylation sites is 1. The van der Waals surface area contributed by atoms with Crippen LogP contribution < -0.4 is 4.90 Å². The van der Waals surface area contributed by atoms with Crippen LogP contribution in [0.1, 0.15) is 28.4 Å². The highest BCUT2D eigenvalue weighted by Gasteiger charge is 2.16. The topological polar surface area (TPSA) is 20.3 Å². The molecule has 3 heteroatoms. The van der Waals surface area contributed by atoms with E-state index >= 15 is 0 Å². The Labute approximate surface area is 125 Å². The molecule has 0 N–H and O–H groups in total. The molecule has 0 amide bonds. The summed E-state index contributed by atoms with van der Waals surface area (Å²) in [7, 11) is 0. The lowest BCUT2D eigenvalue weighted by atomic mass is 10.0. The molecule has 0 aromatic heterocycles. The van der Waals surface area contributed by atoms with Crippen molar-refractivity contribution in [2.75, 3.05) is 18.0 Å². The maximum Gasteiger partial charge on any atom is 0.182 e. The molecule has 0 saturated heterocycles. The van der Waals surface area contributed by atoms with Gasteiger partial charge in [0.1, 0.15) is 5.82 Å². The smallest absolute Gasteiger partial charge is 0.182 e. The molecule has 0 aliphatic heterocycles. The van der Waals surface area contributed by atoms with Crippen LogP contribution in [0.15, 0.2) is 42.5 Å². The third kappa shape index (κ3) is 3.48. The van der Waals surface area contributed by atoms with E-state index in [0.717, 1.165) is 11.1 Å². The van der Waals surface area contributed by atoms with Gasteiger partial charge >= 0.3 is 0 Å². The van der Waals surface area contributed by atoms with Crippen LogP contribution in [-0.2, 0) is 0 Å². The Balaban J connectivity index is 2.23. The van der Waals surface area contributed by atoms with Gasteiger partial charge in [0.15, 0.2) is 5.78 Å². The summed E-state index contributed by atoms with van der Waals surface area (Å²) in [6.07, 6.45) is 0. The number of halogens is 1. The van der Waals surface area contributed by atoms with Crippen LogP contribution in [0, 0.1) is 19.7 Å². The van der Waals surface area contributed by atoms with Crippen molar-refractivity contribution in [1.29, 1.82) is 0 Å². The minimum absolute atomic E-state index is 0.0117. The van der Waals surface area contributed by atoms with E-state index in [4.69, 9.17) is 0 Å². The Morgan fingerprint density at radius 3 is 2.48 bits per heavy atom. The van der Waals surface area contributed by atoms with Gasteiger partial charge < -0.3 is 4.90 Å². The first-order valence-electron chi connectivity index (χ1n) is 7.13. The van der Waals surface area contributed by atoms with Crippen LogP contribution in [0.3, 0.4) is 0 Å². The number of carbonyl (C=O) groups excluding carboxylic acids is 1. The Morgan fingerprint density at radius 2 is 1.86 bits per heavy atom. The molecule has 2 nitrogen and oxygen atoms in total. The number of rotatable bonds is 5. The molecule has 21 heavy (non-hydrogen) atoms. The van der Waals surface area contributed by atoms with Crippen molar-refractivity contribution in [2.45, 2.75) is 20.8 Å². The average molecular weight is 285 g/mol. The third-order valence-electron chi connectivity index (χ3n) is 3.59. The lowest BCUT2D eigenvalue weighted by Gasteiger charge is -2.23. The van der Waals surface area contributed by atoms with Gasteiger partial charge in [-0.15, -0.1) is 0 Å². The molecule has 0 heterocycles. The maximum absolute atomic E-state index is 13.9. The molecular formula is C18H20FNO. The Morgan fingerprint density at radius 1 is 1.14 bits per heavy atom. The molecule has 0 spiro atoms. The summed E-state index contributed by atoms with van der Waals surface area (Å²) in [5.74, 6) is -0.287. The molecule has 2 rings (SSSR count). The highest BCUT2D eigenvalue weighted by molar-refractivity contribution is 6.00. The van der Waals surface area contributed by atoms with E-state index in [1.807, 2.05) is 39.0 Å². The SMILES string of the molecule is CCN(CC(=O)c1ccc(C)cc1C)c1ccccc1F. The van der Waals surface area contributed by atoms with Gasteiger partial charge in [-0.3, -0.25) is 4.79 Å². The van der Waals surface area contributed by atoms with Crippen LogP contribution >= 0.6 is 0 Å². The van der Waals surface area contributed by atoms with Gasteiger partial charge in [0.25, 0.3) is 0 Å². The quantitative estimate of drug-likeness (QED) is 0.769. The lowest BCUT2D eigenvalue weighted by Crippen LogP contribution is -2.30. The van der Waals surface area contributed by atoms with Crippen molar-refractivity contribution in [3.05, 3.63) is 65.0 Å². The van der Waals surface area contributed by atoms with Crippen molar-refractivity contribution in [3.63, 3.8) is 0 Å². The van der Waals surface area contributed by atoms with E-state index in [1.165, 1.54) is 6.07 Å². The number of aryl methyl sites for hydroxylation is 2. The van der Waals surface area contributed by atoms with Crippen LogP contribution in [0.5, 0.6) is 0 Å². The van der Waals surface area contributed by atoms with Crippen molar-refractivity contribution < 1.29 is 9.18 Å². The van der Waals surface area contributed by atoms with Gasteiger partial charge in [-0.05, 0) is 38.5 Å². The first-order chi connectivity index (χ1) is 10.0. The number of anilines is 1. The molecule has 0 fully saturated rings. The molecule has 2 aromatic carbocycles. The van der Waals surface area contributed by atoms with E-state index in [2.05, 4.69) is 0 Å². The van der Waals surface area contributed by atoms with Gasteiger partial charge in [-0.25, -0.2) is 4.39 Å². The second kappa shape index (κ2) is 6.53. The standard InChI is InChI=1S/C18H20FNO/c1-4-20(17-8-6-5-7-16(17)19)12-18(21)15-10-9-13(2)11-14(15)3/h5-11H,4,12H2,1-3H3. The van der Waals surface area contributed by atoms with Gasteiger partial charge in [-0.1, -0.05) is 35.9 Å². The molecule has 0 radical (unpaired) electrons. The zero-order chi connectivity index (χ0) is 15.4. The number of ketones is 1. The highest BCUT2D eigenvalue weighted by atomic mass is 19.1. The molecule has 0 unspecified atom stereocenters. The predicted octanol–water partition coefficient (Wildman–Crippen LogP) is 4.15. The van der Waals surface area contributed by atoms with Crippen LogP contribution in [0.4, 0.5) is 10.1 Å². The normalized spacial score (nSPS) is 10.5. The molecule has 0 saturated carbocycles. The number of benzene rings is 2. The minimum atomic E-state index is -0.298. The number of carbonyl (C=O) groups is 1. The van der Waals surface area contributed by atoms with Crippen molar-refractivity contribution in [2.24, 2.45) is 0 Å². The Kier molecular flexibility index (Phi) is 4.73. The third-order valence-corrected chi connectivity index (χ3v) is 3.59. The molecule has 0 aliphatic rings. The first-order valence-corrected chi connectivity index (χ1v) is 7.13. The predicted molar refractivity (Wildman–Crippen MR) is 84.5 cm³/mol.